The number of halogens is 1. The van der Waals surface area contributed by atoms with Crippen LogP contribution < -0.4 is 10.5 Å². The van der Waals surface area contributed by atoms with Crippen molar-refractivity contribution in [1.29, 1.82) is 0 Å². The van der Waals surface area contributed by atoms with Crippen LogP contribution in [0.5, 0.6) is 5.75 Å². The molecule has 15 heavy (non-hydrogen) atoms. The summed E-state index contributed by atoms with van der Waals surface area (Å²) >= 11 is 0. The molecule has 0 aliphatic heterocycles. The molecular formula is C12H16FNO. The highest BCUT2D eigenvalue weighted by Gasteiger charge is 2.27. The number of methoxy groups -OCH3 is 1. The minimum Gasteiger partial charge on any atom is -0.496 e. The van der Waals surface area contributed by atoms with Gasteiger partial charge in [-0.2, -0.15) is 0 Å². The molecule has 1 saturated carbocycles. The first-order valence-electron chi connectivity index (χ1n) is 5.31. The van der Waals surface area contributed by atoms with Gasteiger partial charge in [0.15, 0.2) is 0 Å². The second-order valence-corrected chi connectivity index (χ2v) is 4.10. The van der Waals surface area contributed by atoms with E-state index in [1.54, 1.807) is 13.2 Å². The normalized spacial score (nSPS) is 18.3. The lowest BCUT2D eigenvalue weighted by atomic mass is 9.77. The van der Waals surface area contributed by atoms with Crippen LogP contribution in [-0.4, -0.2) is 7.11 Å². The van der Waals surface area contributed by atoms with Crippen LogP contribution in [0.4, 0.5) is 4.39 Å². The zero-order chi connectivity index (χ0) is 10.8. The average molecular weight is 209 g/mol. The van der Waals surface area contributed by atoms with Crippen molar-refractivity contribution in [2.75, 3.05) is 7.11 Å². The van der Waals surface area contributed by atoms with E-state index in [4.69, 9.17) is 10.5 Å². The van der Waals surface area contributed by atoms with Crippen LogP contribution in [0, 0.1) is 11.7 Å². The summed E-state index contributed by atoms with van der Waals surface area (Å²) in [7, 11) is 1.55. The molecule has 0 saturated heterocycles. The number of rotatable bonds is 3. The molecule has 2 rings (SSSR count). The molecule has 1 aromatic carbocycles. The number of ether oxygens (including phenoxy) is 1. The first-order chi connectivity index (χ1) is 7.22. The second kappa shape index (κ2) is 4.19. The van der Waals surface area contributed by atoms with Crippen molar-refractivity contribution in [2.45, 2.75) is 25.3 Å². The van der Waals surface area contributed by atoms with Gasteiger partial charge in [-0.25, -0.2) is 4.39 Å². The topological polar surface area (TPSA) is 35.2 Å². The Morgan fingerprint density at radius 1 is 1.47 bits per heavy atom. The predicted molar refractivity (Wildman–Crippen MR) is 57.2 cm³/mol. The minimum atomic E-state index is -0.281. The molecule has 0 amide bonds. The molecule has 3 heteroatoms. The molecule has 0 radical (unpaired) electrons. The summed E-state index contributed by atoms with van der Waals surface area (Å²) in [5.74, 6) is 0.815. The van der Waals surface area contributed by atoms with E-state index < -0.39 is 0 Å². The molecule has 1 fully saturated rings. The largest absolute Gasteiger partial charge is 0.496 e. The van der Waals surface area contributed by atoms with Gasteiger partial charge in [-0.1, -0.05) is 12.5 Å². The zero-order valence-electron chi connectivity index (χ0n) is 8.87. The van der Waals surface area contributed by atoms with E-state index in [1.165, 1.54) is 31.4 Å². The Bertz CT molecular complexity index is 349. The smallest absolute Gasteiger partial charge is 0.126 e. The highest BCUT2D eigenvalue weighted by Crippen LogP contribution is 2.39. The molecule has 2 N–H and O–H groups in total. The van der Waals surface area contributed by atoms with E-state index in [-0.39, 0.29) is 11.9 Å². The van der Waals surface area contributed by atoms with E-state index in [0.29, 0.717) is 11.7 Å². The van der Waals surface area contributed by atoms with Gasteiger partial charge in [0.2, 0.25) is 0 Å². The van der Waals surface area contributed by atoms with Crippen molar-refractivity contribution in [3.63, 3.8) is 0 Å². The fraction of sp³-hybridized carbons (Fsp3) is 0.500. The maximum Gasteiger partial charge on any atom is 0.126 e. The van der Waals surface area contributed by atoms with Crippen LogP contribution in [0.2, 0.25) is 0 Å². The lowest BCUT2D eigenvalue weighted by molar-refractivity contribution is 0.259. The minimum absolute atomic E-state index is 0.0192. The van der Waals surface area contributed by atoms with Gasteiger partial charge in [0.05, 0.1) is 7.11 Å². The molecule has 1 aromatic rings. The number of hydrogen-bond donors (Lipinski definition) is 1. The third kappa shape index (κ3) is 1.97. The van der Waals surface area contributed by atoms with Gasteiger partial charge in [-0.15, -0.1) is 0 Å². The Labute approximate surface area is 89.2 Å². The molecule has 0 spiro atoms. The van der Waals surface area contributed by atoms with Gasteiger partial charge in [-0.3, -0.25) is 0 Å². The Hall–Kier alpha value is -1.09. The van der Waals surface area contributed by atoms with E-state index in [9.17, 15) is 4.39 Å². The Kier molecular flexibility index (Phi) is 2.91. The Morgan fingerprint density at radius 2 is 2.20 bits per heavy atom. The maximum absolute atomic E-state index is 13.0. The summed E-state index contributed by atoms with van der Waals surface area (Å²) in [5, 5.41) is 0. The Balaban J connectivity index is 2.25. The fourth-order valence-corrected chi connectivity index (χ4v) is 2.01. The molecule has 0 bridgehead atoms. The third-order valence-corrected chi connectivity index (χ3v) is 3.21. The molecular weight excluding hydrogens is 193 g/mol. The first kappa shape index (κ1) is 10.4. The lowest BCUT2D eigenvalue weighted by Gasteiger charge is -2.32. The molecule has 1 aliphatic carbocycles. The average Bonchev–Trinajstić information content (AvgIpc) is 2.14. The number of hydrogen-bond acceptors (Lipinski definition) is 2. The molecule has 0 heterocycles. The number of nitrogens with two attached hydrogens (primary N) is 1. The fourth-order valence-electron chi connectivity index (χ4n) is 2.01. The lowest BCUT2D eigenvalue weighted by Crippen LogP contribution is -2.27. The first-order valence-corrected chi connectivity index (χ1v) is 5.31. The van der Waals surface area contributed by atoms with Gasteiger partial charge in [0, 0.05) is 17.7 Å². The van der Waals surface area contributed by atoms with Crippen LogP contribution >= 0.6 is 0 Å². The van der Waals surface area contributed by atoms with Crippen molar-refractivity contribution in [3.05, 3.63) is 29.6 Å². The van der Waals surface area contributed by atoms with Crippen molar-refractivity contribution in [2.24, 2.45) is 11.7 Å². The van der Waals surface area contributed by atoms with Crippen LogP contribution in [0.25, 0.3) is 0 Å². The molecule has 2 nitrogen and oxygen atoms in total. The SMILES string of the molecule is COc1cc(F)ccc1[C@@H](N)C1CCC1. The molecule has 0 unspecified atom stereocenters. The van der Waals surface area contributed by atoms with E-state index >= 15 is 0 Å². The summed E-state index contributed by atoms with van der Waals surface area (Å²) in [4.78, 5) is 0. The van der Waals surface area contributed by atoms with E-state index in [0.717, 1.165) is 5.56 Å². The van der Waals surface area contributed by atoms with Crippen LogP contribution in [0.1, 0.15) is 30.9 Å². The zero-order valence-corrected chi connectivity index (χ0v) is 8.87. The summed E-state index contributed by atoms with van der Waals surface area (Å²) in [6.45, 7) is 0. The number of benzene rings is 1. The van der Waals surface area contributed by atoms with Gasteiger partial charge in [0.25, 0.3) is 0 Å². The van der Waals surface area contributed by atoms with Crippen LogP contribution in [-0.2, 0) is 0 Å². The third-order valence-electron chi connectivity index (χ3n) is 3.21. The summed E-state index contributed by atoms with van der Waals surface area (Å²) in [6, 6.07) is 4.55. The summed E-state index contributed by atoms with van der Waals surface area (Å²) < 4.78 is 18.1. The standard InChI is InChI=1S/C12H16FNO/c1-15-11-7-9(13)5-6-10(11)12(14)8-3-2-4-8/h5-8,12H,2-4,14H2,1H3/t12-/m0/s1. The van der Waals surface area contributed by atoms with Gasteiger partial charge < -0.3 is 10.5 Å². The molecule has 1 aliphatic rings. The molecule has 1 atom stereocenters. The summed E-state index contributed by atoms with van der Waals surface area (Å²) in [6.07, 6.45) is 3.59. The van der Waals surface area contributed by atoms with Crippen molar-refractivity contribution in [3.8, 4) is 5.75 Å². The molecule has 0 aromatic heterocycles. The van der Waals surface area contributed by atoms with Gasteiger partial charge >= 0.3 is 0 Å². The second-order valence-electron chi connectivity index (χ2n) is 4.10. The predicted octanol–water partition coefficient (Wildman–Crippen LogP) is 2.63. The summed E-state index contributed by atoms with van der Waals surface area (Å²) in [5.41, 5.74) is 7.04. The van der Waals surface area contributed by atoms with Crippen LogP contribution in [0.15, 0.2) is 18.2 Å². The highest BCUT2D eigenvalue weighted by atomic mass is 19.1. The molecule has 82 valence electrons. The maximum atomic E-state index is 13.0. The van der Waals surface area contributed by atoms with Crippen LogP contribution in [0.3, 0.4) is 0 Å². The van der Waals surface area contributed by atoms with Crippen molar-refractivity contribution < 1.29 is 9.13 Å². The van der Waals surface area contributed by atoms with Crippen molar-refractivity contribution >= 4 is 0 Å². The van der Waals surface area contributed by atoms with E-state index in [2.05, 4.69) is 0 Å². The van der Waals surface area contributed by atoms with Crippen molar-refractivity contribution in [1.82, 2.24) is 0 Å². The van der Waals surface area contributed by atoms with Gasteiger partial charge in [-0.05, 0) is 24.8 Å². The van der Waals surface area contributed by atoms with Gasteiger partial charge in [0.1, 0.15) is 11.6 Å². The monoisotopic (exact) mass is 209 g/mol. The van der Waals surface area contributed by atoms with E-state index in [1.807, 2.05) is 0 Å². The quantitative estimate of drug-likeness (QED) is 0.830. The highest BCUT2D eigenvalue weighted by molar-refractivity contribution is 5.36. The Morgan fingerprint density at radius 3 is 2.73 bits per heavy atom.